The zero-order chi connectivity index (χ0) is 20.9. The van der Waals surface area contributed by atoms with E-state index >= 15 is 0 Å². The van der Waals surface area contributed by atoms with E-state index in [2.05, 4.69) is 0 Å². The number of esters is 1. The van der Waals surface area contributed by atoms with Gasteiger partial charge in [-0.1, -0.05) is 32.9 Å². The lowest BCUT2D eigenvalue weighted by Gasteiger charge is -2.50. The minimum Gasteiger partial charge on any atom is -0.458 e. The highest BCUT2D eigenvalue weighted by Crippen LogP contribution is 2.76. The van der Waals surface area contributed by atoms with Crippen molar-refractivity contribution in [1.29, 1.82) is 0 Å². The van der Waals surface area contributed by atoms with Gasteiger partial charge in [-0.2, -0.15) is 0 Å². The Morgan fingerprint density at radius 3 is 2.50 bits per heavy atom. The summed E-state index contributed by atoms with van der Waals surface area (Å²) < 4.78 is 5.83. The molecule has 28 heavy (non-hydrogen) atoms. The maximum Gasteiger partial charge on any atom is 0.303 e. The lowest BCUT2D eigenvalue weighted by molar-refractivity contribution is -0.186. The van der Waals surface area contributed by atoms with Gasteiger partial charge in [-0.25, -0.2) is 0 Å². The second kappa shape index (κ2) is 5.55. The fourth-order valence-corrected chi connectivity index (χ4v) is 6.85. The molecule has 0 saturated heterocycles. The number of ketones is 1. The number of aliphatic hydroxyl groups excluding tert-OH is 1. The highest BCUT2D eigenvalue weighted by molar-refractivity contribution is 6.04. The minimum atomic E-state index is -1.75. The molecule has 7 atom stereocenters. The van der Waals surface area contributed by atoms with Crippen LogP contribution in [0.1, 0.15) is 47.5 Å². The molecule has 154 valence electrons. The zero-order valence-electron chi connectivity index (χ0n) is 17.2. The SMILES string of the molecule is CC(=O)O[C@]12C[C@H](C)[C@]3(O)[C@H](C=C(CO)C[C@@]4(O)C(=O)C(C)=C[C@H]34)[C@H]1C2(C)C. The van der Waals surface area contributed by atoms with Crippen molar-refractivity contribution in [1.82, 2.24) is 0 Å². The summed E-state index contributed by atoms with van der Waals surface area (Å²) in [4.78, 5) is 24.7. The van der Waals surface area contributed by atoms with E-state index < -0.39 is 28.6 Å². The molecule has 0 bridgehead atoms. The number of ether oxygens (including phenoxy) is 1. The molecule has 0 radical (unpaired) electrons. The van der Waals surface area contributed by atoms with Gasteiger partial charge in [0.25, 0.3) is 0 Å². The van der Waals surface area contributed by atoms with Crippen molar-refractivity contribution in [3.05, 3.63) is 23.3 Å². The predicted octanol–water partition coefficient (Wildman–Crippen LogP) is 1.53. The Labute approximate surface area is 165 Å². The number of carbonyl (C=O) groups excluding carboxylic acids is 2. The molecule has 4 rings (SSSR count). The Hall–Kier alpha value is -1.50. The summed E-state index contributed by atoms with van der Waals surface area (Å²) in [6.45, 7) is 8.72. The molecular weight excluding hydrogens is 360 g/mol. The number of hydrogen-bond donors (Lipinski definition) is 3. The predicted molar refractivity (Wildman–Crippen MR) is 101 cm³/mol. The molecular formula is C22H30O6. The Balaban J connectivity index is 1.90. The fraction of sp³-hybridized carbons (Fsp3) is 0.727. The first-order valence-electron chi connectivity index (χ1n) is 10.0. The van der Waals surface area contributed by atoms with Crippen molar-refractivity contribution in [2.75, 3.05) is 6.61 Å². The van der Waals surface area contributed by atoms with Crippen LogP contribution in [0.2, 0.25) is 0 Å². The van der Waals surface area contributed by atoms with Gasteiger partial charge in [0.2, 0.25) is 0 Å². The molecule has 0 heterocycles. The van der Waals surface area contributed by atoms with Crippen molar-refractivity contribution in [2.45, 2.75) is 64.3 Å². The molecule has 0 unspecified atom stereocenters. The third-order valence-corrected chi connectivity index (χ3v) is 8.20. The lowest BCUT2D eigenvalue weighted by atomic mass is 9.60. The maximum atomic E-state index is 12.8. The Morgan fingerprint density at radius 1 is 1.29 bits per heavy atom. The number of hydrogen-bond acceptors (Lipinski definition) is 6. The highest BCUT2D eigenvalue weighted by Gasteiger charge is 2.83. The van der Waals surface area contributed by atoms with Crippen LogP contribution >= 0.6 is 0 Å². The van der Waals surface area contributed by atoms with Crippen molar-refractivity contribution in [3.63, 3.8) is 0 Å². The average molecular weight is 390 g/mol. The minimum absolute atomic E-state index is 0.0000834. The van der Waals surface area contributed by atoms with Crippen LogP contribution < -0.4 is 0 Å². The zero-order valence-corrected chi connectivity index (χ0v) is 17.2. The van der Waals surface area contributed by atoms with Gasteiger partial charge in [0.15, 0.2) is 5.78 Å². The van der Waals surface area contributed by atoms with Gasteiger partial charge in [-0.05, 0) is 30.4 Å². The quantitative estimate of drug-likeness (QED) is 0.488. The summed E-state index contributed by atoms with van der Waals surface area (Å²) >= 11 is 0. The maximum absolute atomic E-state index is 12.8. The average Bonchev–Trinajstić information content (AvgIpc) is 2.99. The molecule has 3 N–H and O–H groups in total. The molecule has 0 aromatic carbocycles. The molecule has 4 aliphatic carbocycles. The number of aliphatic hydroxyl groups is 3. The standard InChI is InChI=1S/C22H30O6/c1-11-6-16-20(26,18(11)25)9-14(10-23)7-15-17-19(4,5)21(17,28-13(3)24)8-12(2)22(15,16)27/h6-7,12,15-17,23,26-27H,8-10H2,1-5H3/t12-,15+,16-,17-,20-,21+,22-/m0/s1. The third kappa shape index (κ3) is 2.09. The Morgan fingerprint density at radius 2 is 1.93 bits per heavy atom. The topological polar surface area (TPSA) is 104 Å². The van der Waals surface area contributed by atoms with E-state index in [0.29, 0.717) is 17.6 Å². The lowest BCUT2D eigenvalue weighted by Crippen LogP contribution is -2.61. The molecule has 4 aliphatic rings. The molecule has 2 fully saturated rings. The molecule has 0 spiro atoms. The van der Waals surface area contributed by atoms with E-state index in [1.54, 1.807) is 13.0 Å². The first kappa shape index (κ1) is 19.8. The molecule has 0 aliphatic heterocycles. The van der Waals surface area contributed by atoms with Crippen molar-refractivity contribution >= 4 is 11.8 Å². The summed E-state index contributed by atoms with van der Waals surface area (Å²) in [5.41, 5.74) is -3.19. The van der Waals surface area contributed by atoms with E-state index in [4.69, 9.17) is 4.74 Å². The molecule has 2 saturated carbocycles. The van der Waals surface area contributed by atoms with Gasteiger partial charge in [0.1, 0.15) is 11.2 Å². The summed E-state index contributed by atoms with van der Waals surface area (Å²) in [5.74, 6) is -2.42. The largest absolute Gasteiger partial charge is 0.458 e. The summed E-state index contributed by atoms with van der Waals surface area (Å²) in [5, 5.41) is 33.4. The van der Waals surface area contributed by atoms with Crippen molar-refractivity contribution in [2.24, 2.45) is 29.1 Å². The Bertz CT molecular complexity index is 825. The number of carbonyl (C=O) groups is 2. The molecule has 0 aromatic rings. The van der Waals surface area contributed by atoms with Crippen LogP contribution in [0.3, 0.4) is 0 Å². The van der Waals surface area contributed by atoms with Crippen LogP contribution in [0.25, 0.3) is 0 Å². The van der Waals surface area contributed by atoms with Crippen molar-refractivity contribution < 1.29 is 29.6 Å². The van der Waals surface area contributed by atoms with Crippen LogP contribution in [0, 0.1) is 29.1 Å². The molecule has 6 nitrogen and oxygen atoms in total. The van der Waals surface area contributed by atoms with Gasteiger partial charge >= 0.3 is 5.97 Å². The van der Waals surface area contributed by atoms with E-state index in [1.807, 2.05) is 26.8 Å². The van der Waals surface area contributed by atoms with Crippen LogP contribution in [-0.4, -0.2) is 50.5 Å². The number of Topliss-reactive ketones (excluding diaryl/α,β-unsaturated/α-hetero) is 1. The van der Waals surface area contributed by atoms with E-state index in [0.717, 1.165) is 0 Å². The van der Waals surface area contributed by atoms with E-state index in [1.165, 1.54) is 6.92 Å². The van der Waals surface area contributed by atoms with E-state index in [-0.39, 0.29) is 42.0 Å². The smallest absolute Gasteiger partial charge is 0.303 e. The van der Waals surface area contributed by atoms with Crippen molar-refractivity contribution in [3.8, 4) is 0 Å². The van der Waals surface area contributed by atoms with E-state index in [9.17, 15) is 24.9 Å². The number of rotatable bonds is 2. The number of fused-ring (bicyclic) bond motifs is 5. The summed E-state index contributed by atoms with van der Waals surface area (Å²) in [6, 6.07) is 0. The molecule has 6 heteroatoms. The van der Waals surface area contributed by atoms with Gasteiger partial charge in [0.05, 0.1) is 12.2 Å². The van der Waals surface area contributed by atoms with Gasteiger partial charge in [-0.3, -0.25) is 9.59 Å². The first-order chi connectivity index (χ1) is 12.9. The third-order valence-electron chi connectivity index (χ3n) is 8.20. The second-order valence-electron chi connectivity index (χ2n) is 9.94. The highest BCUT2D eigenvalue weighted by atomic mass is 16.6. The van der Waals surface area contributed by atoms with Crippen LogP contribution in [0.15, 0.2) is 23.3 Å². The molecule has 0 aromatic heterocycles. The first-order valence-corrected chi connectivity index (χ1v) is 10.0. The Kier molecular flexibility index (Phi) is 3.93. The van der Waals surface area contributed by atoms with Gasteiger partial charge < -0.3 is 20.1 Å². The van der Waals surface area contributed by atoms with Crippen LogP contribution in [-0.2, 0) is 14.3 Å². The summed E-state index contributed by atoms with van der Waals surface area (Å²) in [6.07, 6.45) is 4.00. The monoisotopic (exact) mass is 390 g/mol. The fourth-order valence-electron chi connectivity index (χ4n) is 6.85. The normalized spacial score (nSPS) is 48.5. The summed E-state index contributed by atoms with van der Waals surface area (Å²) in [7, 11) is 0. The van der Waals surface area contributed by atoms with Crippen LogP contribution in [0.4, 0.5) is 0 Å². The second-order valence-corrected chi connectivity index (χ2v) is 9.94. The molecule has 0 amide bonds. The van der Waals surface area contributed by atoms with Gasteiger partial charge in [-0.15, -0.1) is 0 Å². The van der Waals surface area contributed by atoms with Crippen LogP contribution in [0.5, 0.6) is 0 Å². The van der Waals surface area contributed by atoms with Gasteiger partial charge in [0, 0.05) is 36.5 Å².